The molecule has 96 valence electrons. The Balaban J connectivity index is 2.27. The van der Waals surface area contributed by atoms with Gasteiger partial charge in [-0.2, -0.15) is 0 Å². The van der Waals surface area contributed by atoms with Crippen LogP contribution < -0.4 is 5.32 Å². The van der Waals surface area contributed by atoms with Crippen LogP contribution in [0, 0.1) is 0 Å². The van der Waals surface area contributed by atoms with Gasteiger partial charge in [0.2, 0.25) is 0 Å². The van der Waals surface area contributed by atoms with Crippen LogP contribution in [0.25, 0.3) is 0 Å². The highest BCUT2D eigenvalue weighted by Gasteiger charge is 2.28. The number of nitrogens with zero attached hydrogens (tertiary/aromatic N) is 1. The van der Waals surface area contributed by atoms with Crippen molar-refractivity contribution in [2.24, 2.45) is 0 Å². The molecule has 2 N–H and O–H groups in total. The van der Waals surface area contributed by atoms with Gasteiger partial charge >= 0.3 is 0 Å². The molecule has 1 rings (SSSR count). The molecule has 5 heteroatoms. The first-order valence-corrected chi connectivity index (χ1v) is 6.02. The molecular weight excluding hydrogens is 214 g/mol. The van der Waals surface area contributed by atoms with E-state index in [2.05, 4.69) is 17.1 Å². The van der Waals surface area contributed by atoms with Gasteiger partial charge in [-0.05, 0) is 38.9 Å². The van der Waals surface area contributed by atoms with Gasteiger partial charge in [-0.25, -0.2) is 8.78 Å². The minimum atomic E-state index is -2.99. The van der Waals surface area contributed by atoms with E-state index in [0.29, 0.717) is 0 Å². The minimum absolute atomic E-state index is 0.161. The molecule has 0 aliphatic carbocycles. The quantitative estimate of drug-likeness (QED) is 0.750. The molecule has 1 heterocycles. The molecule has 0 spiro atoms. The molecule has 1 saturated heterocycles. The van der Waals surface area contributed by atoms with Crippen LogP contribution in [0.2, 0.25) is 0 Å². The maximum Gasteiger partial charge on any atom is 0.282 e. The van der Waals surface area contributed by atoms with Crippen LogP contribution in [-0.2, 0) is 0 Å². The summed E-state index contributed by atoms with van der Waals surface area (Å²) in [5, 5.41) is 11.3. The molecule has 1 aliphatic rings. The van der Waals surface area contributed by atoms with Crippen molar-refractivity contribution in [3.63, 3.8) is 0 Å². The summed E-state index contributed by atoms with van der Waals surface area (Å²) in [6.07, 6.45) is 2.91. The van der Waals surface area contributed by atoms with Gasteiger partial charge in [0.15, 0.2) is 0 Å². The van der Waals surface area contributed by atoms with Crippen molar-refractivity contribution in [2.75, 3.05) is 32.8 Å². The second-order valence-corrected chi connectivity index (χ2v) is 4.46. The molecule has 16 heavy (non-hydrogen) atoms. The van der Waals surface area contributed by atoms with Gasteiger partial charge in [-0.15, -0.1) is 0 Å². The Morgan fingerprint density at radius 2 is 2.12 bits per heavy atom. The first-order chi connectivity index (χ1) is 7.57. The largest absolute Gasteiger partial charge is 0.390 e. The lowest BCUT2D eigenvalue weighted by atomic mass is 10.1. The summed E-state index contributed by atoms with van der Waals surface area (Å²) in [4.78, 5) is 2.34. The van der Waals surface area contributed by atoms with Crippen LogP contribution in [-0.4, -0.2) is 54.8 Å². The molecule has 0 saturated carbocycles. The van der Waals surface area contributed by atoms with E-state index >= 15 is 0 Å². The molecule has 0 aromatic rings. The predicted molar refractivity (Wildman–Crippen MR) is 59.8 cm³/mol. The predicted octanol–water partition coefficient (Wildman–Crippen LogP) is 1.08. The Bertz CT molecular complexity index is 202. The van der Waals surface area contributed by atoms with Crippen molar-refractivity contribution < 1.29 is 13.9 Å². The third-order valence-electron chi connectivity index (χ3n) is 3.15. The van der Waals surface area contributed by atoms with Gasteiger partial charge in [-0.3, -0.25) is 0 Å². The molecule has 1 fully saturated rings. The zero-order valence-corrected chi connectivity index (χ0v) is 9.88. The van der Waals surface area contributed by atoms with Gasteiger partial charge in [0.25, 0.3) is 5.92 Å². The topological polar surface area (TPSA) is 35.5 Å². The summed E-state index contributed by atoms with van der Waals surface area (Å²) in [6.45, 7) is 3.69. The SMILES string of the molecule is CCN1CCCC(NCC(F)(F)CO)CC1. The molecule has 0 radical (unpaired) electrons. The average Bonchev–Trinajstić information content (AvgIpc) is 2.51. The highest BCUT2D eigenvalue weighted by atomic mass is 19.3. The second kappa shape index (κ2) is 6.47. The summed E-state index contributed by atoms with van der Waals surface area (Å²) >= 11 is 0. The second-order valence-electron chi connectivity index (χ2n) is 4.46. The van der Waals surface area contributed by atoms with Gasteiger partial charge in [0.1, 0.15) is 6.61 Å². The van der Waals surface area contributed by atoms with Crippen LogP contribution in [0.5, 0.6) is 0 Å². The van der Waals surface area contributed by atoms with Crippen molar-refractivity contribution in [1.82, 2.24) is 10.2 Å². The van der Waals surface area contributed by atoms with Gasteiger partial charge in [-0.1, -0.05) is 6.92 Å². The zero-order chi connectivity index (χ0) is 12.0. The number of nitrogens with one attached hydrogen (secondary N) is 1. The third-order valence-corrected chi connectivity index (χ3v) is 3.15. The maximum atomic E-state index is 12.8. The molecule has 1 unspecified atom stereocenters. The van der Waals surface area contributed by atoms with Crippen LogP contribution in [0.4, 0.5) is 8.78 Å². The molecule has 3 nitrogen and oxygen atoms in total. The number of aliphatic hydroxyl groups excluding tert-OH is 1. The fraction of sp³-hybridized carbons (Fsp3) is 1.00. The van der Waals surface area contributed by atoms with Crippen molar-refractivity contribution in [1.29, 1.82) is 0 Å². The van der Waals surface area contributed by atoms with Gasteiger partial charge < -0.3 is 15.3 Å². The van der Waals surface area contributed by atoms with Gasteiger partial charge in [0.05, 0.1) is 6.54 Å². The van der Waals surface area contributed by atoms with Crippen molar-refractivity contribution in [2.45, 2.75) is 38.2 Å². The highest BCUT2D eigenvalue weighted by Crippen LogP contribution is 2.14. The van der Waals surface area contributed by atoms with E-state index in [1.54, 1.807) is 0 Å². The van der Waals surface area contributed by atoms with Crippen molar-refractivity contribution >= 4 is 0 Å². The first-order valence-electron chi connectivity index (χ1n) is 6.02. The maximum absolute atomic E-state index is 12.8. The summed E-state index contributed by atoms with van der Waals surface area (Å²) in [6, 6.07) is 0.161. The lowest BCUT2D eigenvalue weighted by Crippen LogP contribution is -2.41. The molecule has 0 aromatic carbocycles. The summed E-state index contributed by atoms with van der Waals surface area (Å²) in [5.41, 5.74) is 0. The third kappa shape index (κ3) is 4.72. The molecule has 0 aromatic heterocycles. The fourth-order valence-electron chi connectivity index (χ4n) is 2.03. The van der Waals surface area contributed by atoms with E-state index in [1.165, 1.54) is 0 Å². The number of likely N-dealkylation sites (tertiary alicyclic amines) is 1. The number of halogens is 2. The Labute approximate surface area is 95.8 Å². The molecule has 0 amide bonds. The number of hydrogen-bond donors (Lipinski definition) is 2. The molecule has 0 bridgehead atoms. The molecule has 1 atom stereocenters. The standard InChI is InChI=1S/C11H22F2N2O/c1-2-15-6-3-4-10(5-7-15)14-8-11(12,13)9-16/h10,14,16H,2-9H2,1H3. The molecule has 1 aliphatic heterocycles. The van der Waals surface area contributed by atoms with E-state index in [4.69, 9.17) is 5.11 Å². The molecular formula is C11H22F2N2O. The summed E-state index contributed by atoms with van der Waals surface area (Å²) < 4.78 is 25.7. The van der Waals surface area contributed by atoms with E-state index in [9.17, 15) is 8.78 Å². The number of rotatable bonds is 5. The first kappa shape index (κ1) is 13.8. The Morgan fingerprint density at radius 3 is 2.75 bits per heavy atom. The van der Waals surface area contributed by atoms with E-state index in [1.807, 2.05) is 0 Å². The highest BCUT2D eigenvalue weighted by molar-refractivity contribution is 4.77. The number of aliphatic hydroxyl groups is 1. The van der Waals surface area contributed by atoms with Crippen LogP contribution in [0.15, 0.2) is 0 Å². The van der Waals surface area contributed by atoms with E-state index in [0.717, 1.165) is 38.9 Å². The smallest absolute Gasteiger partial charge is 0.282 e. The van der Waals surface area contributed by atoms with Crippen LogP contribution in [0.3, 0.4) is 0 Å². The number of alkyl halides is 2. The van der Waals surface area contributed by atoms with E-state index < -0.39 is 19.1 Å². The summed E-state index contributed by atoms with van der Waals surface area (Å²) in [5.74, 6) is -2.99. The Kier molecular flexibility index (Phi) is 5.58. The van der Waals surface area contributed by atoms with Crippen molar-refractivity contribution in [3.05, 3.63) is 0 Å². The fourth-order valence-corrected chi connectivity index (χ4v) is 2.03. The van der Waals surface area contributed by atoms with Crippen LogP contribution >= 0.6 is 0 Å². The Hall–Kier alpha value is -0.260. The van der Waals surface area contributed by atoms with Crippen molar-refractivity contribution in [3.8, 4) is 0 Å². The summed E-state index contributed by atoms with van der Waals surface area (Å²) in [7, 11) is 0. The van der Waals surface area contributed by atoms with Crippen LogP contribution in [0.1, 0.15) is 26.2 Å². The minimum Gasteiger partial charge on any atom is -0.390 e. The number of hydrogen-bond acceptors (Lipinski definition) is 3. The lowest BCUT2D eigenvalue weighted by molar-refractivity contribution is -0.0495. The van der Waals surface area contributed by atoms with Gasteiger partial charge in [0, 0.05) is 6.04 Å². The van der Waals surface area contributed by atoms with E-state index in [-0.39, 0.29) is 6.04 Å². The lowest BCUT2D eigenvalue weighted by Gasteiger charge is -2.21. The monoisotopic (exact) mass is 236 g/mol. The zero-order valence-electron chi connectivity index (χ0n) is 9.88. The average molecular weight is 236 g/mol. The Morgan fingerprint density at radius 1 is 1.38 bits per heavy atom. The normalized spacial score (nSPS) is 24.4.